The molecule has 0 rings (SSSR count). The van der Waals surface area contributed by atoms with E-state index < -0.39 is 0 Å². The molecule has 0 unspecified atom stereocenters. The second-order valence-corrected chi connectivity index (χ2v) is 5.90. The van der Waals surface area contributed by atoms with E-state index in [0.717, 1.165) is 51.1 Å². The van der Waals surface area contributed by atoms with Gasteiger partial charge in [0.1, 0.15) is 0 Å². The minimum Gasteiger partial charge on any atom is -0.356 e. The van der Waals surface area contributed by atoms with Gasteiger partial charge in [0.2, 0.25) is 5.91 Å². The molecule has 0 saturated carbocycles. The summed E-state index contributed by atoms with van der Waals surface area (Å²) in [6, 6.07) is 0. The van der Waals surface area contributed by atoms with Crippen molar-refractivity contribution < 1.29 is 4.79 Å². The minimum atomic E-state index is 0.218. The SMILES string of the molecule is CC(C)CCCCCCNC(=O)CCCCCCN. The van der Waals surface area contributed by atoms with Crippen molar-refractivity contribution in [3.63, 3.8) is 0 Å². The molecular weight excluding hydrogens is 236 g/mol. The van der Waals surface area contributed by atoms with Gasteiger partial charge in [0.05, 0.1) is 0 Å². The summed E-state index contributed by atoms with van der Waals surface area (Å²) in [5, 5.41) is 3.01. The van der Waals surface area contributed by atoms with Crippen molar-refractivity contribution >= 4 is 5.91 Å². The van der Waals surface area contributed by atoms with Crippen LogP contribution in [0.1, 0.15) is 78.1 Å². The Hall–Kier alpha value is -0.570. The third-order valence-corrected chi connectivity index (χ3v) is 3.39. The molecule has 3 N–H and O–H groups in total. The van der Waals surface area contributed by atoms with E-state index in [0.29, 0.717) is 6.42 Å². The molecule has 19 heavy (non-hydrogen) atoms. The standard InChI is InChI=1S/C16H34N2O/c1-15(2)11-7-4-6-10-14-18-16(19)12-8-3-5-9-13-17/h15H,3-14,17H2,1-2H3,(H,18,19). The van der Waals surface area contributed by atoms with Gasteiger partial charge in [-0.3, -0.25) is 4.79 Å². The molecule has 0 aliphatic carbocycles. The lowest BCUT2D eigenvalue weighted by atomic mass is 10.0. The molecule has 0 atom stereocenters. The van der Waals surface area contributed by atoms with Crippen molar-refractivity contribution in [1.82, 2.24) is 5.32 Å². The lowest BCUT2D eigenvalue weighted by Gasteiger charge is -2.06. The fraction of sp³-hybridized carbons (Fsp3) is 0.938. The summed E-state index contributed by atoms with van der Waals surface area (Å²) in [5.74, 6) is 1.04. The normalized spacial score (nSPS) is 10.9. The van der Waals surface area contributed by atoms with Crippen LogP contribution in [-0.2, 0) is 4.79 Å². The Morgan fingerprint density at radius 3 is 2.26 bits per heavy atom. The summed E-state index contributed by atoms with van der Waals surface area (Å²) in [6.45, 7) is 6.16. The number of hydrogen-bond acceptors (Lipinski definition) is 2. The zero-order chi connectivity index (χ0) is 14.3. The second kappa shape index (κ2) is 13.9. The van der Waals surface area contributed by atoms with Crippen molar-refractivity contribution in [1.29, 1.82) is 0 Å². The fourth-order valence-corrected chi connectivity index (χ4v) is 2.13. The van der Waals surface area contributed by atoms with Crippen molar-refractivity contribution in [2.75, 3.05) is 13.1 Å². The van der Waals surface area contributed by atoms with Crippen molar-refractivity contribution in [2.24, 2.45) is 11.7 Å². The third-order valence-electron chi connectivity index (χ3n) is 3.39. The first-order chi connectivity index (χ1) is 9.16. The van der Waals surface area contributed by atoms with E-state index in [1.54, 1.807) is 0 Å². The van der Waals surface area contributed by atoms with Crippen LogP contribution in [0.5, 0.6) is 0 Å². The molecule has 0 bridgehead atoms. The monoisotopic (exact) mass is 270 g/mol. The fourth-order valence-electron chi connectivity index (χ4n) is 2.13. The highest BCUT2D eigenvalue weighted by Crippen LogP contribution is 2.09. The summed E-state index contributed by atoms with van der Waals surface area (Å²) in [5.41, 5.74) is 5.42. The molecule has 0 heterocycles. The smallest absolute Gasteiger partial charge is 0.219 e. The number of amides is 1. The van der Waals surface area contributed by atoms with E-state index in [-0.39, 0.29) is 5.91 Å². The van der Waals surface area contributed by atoms with Crippen molar-refractivity contribution in [3.05, 3.63) is 0 Å². The average molecular weight is 270 g/mol. The maximum Gasteiger partial charge on any atom is 0.219 e. The van der Waals surface area contributed by atoms with Gasteiger partial charge < -0.3 is 11.1 Å². The summed E-state index contributed by atoms with van der Waals surface area (Å²) in [7, 11) is 0. The lowest BCUT2D eigenvalue weighted by Crippen LogP contribution is -2.23. The Labute approximate surface area is 119 Å². The number of nitrogens with one attached hydrogen (secondary N) is 1. The second-order valence-electron chi connectivity index (χ2n) is 5.90. The molecule has 0 aromatic carbocycles. The average Bonchev–Trinajstić information content (AvgIpc) is 2.37. The van der Waals surface area contributed by atoms with E-state index in [2.05, 4.69) is 19.2 Å². The Morgan fingerprint density at radius 1 is 0.947 bits per heavy atom. The van der Waals surface area contributed by atoms with Gasteiger partial charge in [0, 0.05) is 13.0 Å². The molecule has 0 aromatic rings. The number of rotatable bonds is 13. The summed E-state index contributed by atoms with van der Waals surface area (Å²) in [4.78, 5) is 11.5. The molecule has 0 fully saturated rings. The molecule has 0 aromatic heterocycles. The minimum absolute atomic E-state index is 0.218. The third kappa shape index (κ3) is 15.4. The van der Waals surface area contributed by atoms with Crippen LogP contribution >= 0.6 is 0 Å². The first kappa shape index (κ1) is 18.4. The van der Waals surface area contributed by atoms with Gasteiger partial charge >= 0.3 is 0 Å². The highest BCUT2D eigenvalue weighted by Gasteiger charge is 2.00. The van der Waals surface area contributed by atoms with Gasteiger partial charge in [-0.1, -0.05) is 52.4 Å². The van der Waals surface area contributed by atoms with E-state index in [1.165, 1.54) is 25.7 Å². The molecule has 0 spiro atoms. The summed E-state index contributed by atoms with van der Waals surface area (Å²) >= 11 is 0. The Kier molecular flexibility index (Phi) is 13.4. The Morgan fingerprint density at radius 2 is 1.58 bits per heavy atom. The number of hydrogen-bond donors (Lipinski definition) is 2. The largest absolute Gasteiger partial charge is 0.356 e. The number of carbonyl (C=O) groups is 1. The summed E-state index contributed by atoms with van der Waals surface area (Å²) in [6.07, 6.45) is 11.4. The molecule has 0 aliphatic rings. The Bertz CT molecular complexity index is 205. The van der Waals surface area contributed by atoms with Gasteiger partial charge in [-0.2, -0.15) is 0 Å². The van der Waals surface area contributed by atoms with Crippen LogP contribution in [0.3, 0.4) is 0 Å². The van der Waals surface area contributed by atoms with Crippen molar-refractivity contribution in [3.8, 4) is 0 Å². The van der Waals surface area contributed by atoms with Gasteiger partial charge in [-0.15, -0.1) is 0 Å². The van der Waals surface area contributed by atoms with Gasteiger partial charge in [-0.05, 0) is 31.7 Å². The number of nitrogens with two attached hydrogens (primary N) is 1. The van der Waals surface area contributed by atoms with Crippen molar-refractivity contribution in [2.45, 2.75) is 78.1 Å². The van der Waals surface area contributed by atoms with E-state index in [4.69, 9.17) is 5.73 Å². The number of carbonyl (C=O) groups excluding carboxylic acids is 1. The zero-order valence-electron chi connectivity index (χ0n) is 13.0. The number of unbranched alkanes of at least 4 members (excludes halogenated alkanes) is 6. The molecule has 1 amide bonds. The lowest BCUT2D eigenvalue weighted by molar-refractivity contribution is -0.121. The molecule has 0 saturated heterocycles. The van der Waals surface area contributed by atoms with Gasteiger partial charge in [0.25, 0.3) is 0 Å². The van der Waals surface area contributed by atoms with Crippen LogP contribution in [0.15, 0.2) is 0 Å². The predicted octanol–water partition coefficient (Wildman–Crippen LogP) is 3.62. The van der Waals surface area contributed by atoms with Gasteiger partial charge in [0.15, 0.2) is 0 Å². The maximum atomic E-state index is 11.5. The molecule has 0 aliphatic heterocycles. The molecule has 3 heteroatoms. The quantitative estimate of drug-likeness (QED) is 0.502. The van der Waals surface area contributed by atoms with E-state index in [1.807, 2.05) is 0 Å². The molecular formula is C16H34N2O. The first-order valence-electron chi connectivity index (χ1n) is 8.13. The van der Waals surface area contributed by atoms with Crippen LogP contribution in [0, 0.1) is 5.92 Å². The summed E-state index contributed by atoms with van der Waals surface area (Å²) < 4.78 is 0. The van der Waals surface area contributed by atoms with E-state index >= 15 is 0 Å². The highest BCUT2D eigenvalue weighted by atomic mass is 16.1. The van der Waals surface area contributed by atoms with Crippen LogP contribution in [0.25, 0.3) is 0 Å². The molecule has 0 radical (unpaired) electrons. The Balaban J connectivity index is 3.16. The zero-order valence-corrected chi connectivity index (χ0v) is 13.0. The highest BCUT2D eigenvalue weighted by molar-refractivity contribution is 5.75. The van der Waals surface area contributed by atoms with Crippen LogP contribution in [-0.4, -0.2) is 19.0 Å². The van der Waals surface area contributed by atoms with Crippen LogP contribution < -0.4 is 11.1 Å². The van der Waals surface area contributed by atoms with Gasteiger partial charge in [-0.25, -0.2) is 0 Å². The van der Waals surface area contributed by atoms with E-state index in [9.17, 15) is 4.79 Å². The maximum absolute atomic E-state index is 11.5. The van der Waals surface area contributed by atoms with Crippen LogP contribution in [0.2, 0.25) is 0 Å². The topological polar surface area (TPSA) is 55.1 Å². The molecule has 3 nitrogen and oxygen atoms in total. The predicted molar refractivity (Wildman–Crippen MR) is 83.1 cm³/mol. The first-order valence-corrected chi connectivity index (χ1v) is 8.13. The molecule has 114 valence electrons. The van der Waals surface area contributed by atoms with Crippen LogP contribution in [0.4, 0.5) is 0 Å².